The van der Waals surface area contributed by atoms with Crippen LogP contribution in [0.4, 0.5) is 0 Å². The first-order valence-corrected chi connectivity index (χ1v) is 9.44. The Hall–Kier alpha value is -3.48. The largest absolute Gasteiger partial charge is 0.488 e. The predicted molar refractivity (Wildman–Crippen MR) is 116 cm³/mol. The van der Waals surface area contributed by atoms with Crippen molar-refractivity contribution in [3.63, 3.8) is 0 Å². The Bertz CT molecular complexity index is 1060. The molecule has 0 aromatic heterocycles. The molecule has 0 aliphatic heterocycles. The number of benzene rings is 3. The summed E-state index contributed by atoms with van der Waals surface area (Å²) in [6, 6.07) is 23.3. The molecule has 3 aromatic carbocycles. The SMILES string of the molecule is O=C(O)Cc1ccc(OCC=CC#Cc2ccc(-c3ccccc3)cc2)c(Cl)c1. The van der Waals surface area contributed by atoms with E-state index in [4.69, 9.17) is 21.4 Å². The Morgan fingerprint density at radius 2 is 1.72 bits per heavy atom. The molecule has 3 rings (SSSR count). The number of carbonyl (C=O) groups is 1. The molecule has 1 N–H and O–H groups in total. The van der Waals surface area contributed by atoms with Gasteiger partial charge in [-0.3, -0.25) is 4.79 Å². The van der Waals surface area contributed by atoms with Gasteiger partial charge in [-0.2, -0.15) is 0 Å². The molecule has 0 aliphatic carbocycles. The third kappa shape index (κ3) is 6.27. The van der Waals surface area contributed by atoms with E-state index in [0.29, 0.717) is 22.9 Å². The summed E-state index contributed by atoms with van der Waals surface area (Å²) in [6.07, 6.45) is 3.46. The van der Waals surface area contributed by atoms with Crippen LogP contribution in [0.5, 0.6) is 5.75 Å². The molecule has 0 radical (unpaired) electrons. The minimum atomic E-state index is -0.897. The van der Waals surface area contributed by atoms with E-state index in [1.807, 2.05) is 30.3 Å². The van der Waals surface area contributed by atoms with Crippen molar-refractivity contribution < 1.29 is 14.6 Å². The smallest absolute Gasteiger partial charge is 0.307 e. The molecule has 0 amide bonds. The van der Waals surface area contributed by atoms with Crippen molar-refractivity contribution in [2.75, 3.05) is 6.61 Å². The molecule has 3 aromatic rings. The number of hydrogen-bond acceptors (Lipinski definition) is 2. The molecule has 0 heterocycles. The standard InChI is InChI=1S/C25H19ClO3/c26-23-17-20(18-25(27)28)12-15-24(23)29-16-6-2-3-7-19-10-13-22(14-11-19)21-8-4-1-5-9-21/h1-2,4-6,8-15,17H,16,18H2,(H,27,28). The molecule has 144 valence electrons. The lowest BCUT2D eigenvalue weighted by atomic mass is 10.0. The normalized spacial score (nSPS) is 10.4. The van der Waals surface area contributed by atoms with Gasteiger partial charge in [0.05, 0.1) is 11.4 Å². The number of hydrogen-bond donors (Lipinski definition) is 1. The van der Waals surface area contributed by atoms with Crippen LogP contribution in [0.25, 0.3) is 11.1 Å². The maximum Gasteiger partial charge on any atom is 0.307 e. The summed E-state index contributed by atoms with van der Waals surface area (Å²) >= 11 is 6.12. The summed E-state index contributed by atoms with van der Waals surface area (Å²) in [4.78, 5) is 10.7. The maximum absolute atomic E-state index is 10.7. The number of rotatable bonds is 6. The molecule has 0 saturated carbocycles. The summed E-state index contributed by atoms with van der Waals surface area (Å²) < 4.78 is 5.58. The van der Waals surface area contributed by atoms with Crippen LogP contribution in [0, 0.1) is 11.8 Å². The van der Waals surface area contributed by atoms with Crippen molar-refractivity contribution in [1.82, 2.24) is 0 Å². The van der Waals surface area contributed by atoms with Gasteiger partial charge in [-0.05, 0) is 53.1 Å². The lowest BCUT2D eigenvalue weighted by Crippen LogP contribution is -2.00. The van der Waals surface area contributed by atoms with E-state index < -0.39 is 5.97 Å². The molecule has 4 heteroatoms. The van der Waals surface area contributed by atoms with E-state index in [-0.39, 0.29) is 6.42 Å². The molecule has 0 fully saturated rings. The fourth-order valence-electron chi connectivity index (χ4n) is 2.69. The number of carboxylic acid groups (broad SMARTS) is 1. The second-order valence-corrected chi connectivity index (χ2v) is 6.67. The van der Waals surface area contributed by atoms with Crippen LogP contribution in [-0.2, 0) is 11.2 Å². The first kappa shape index (κ1) is 20.3. The van der Waals surface area contributed by atoms with Gasteiger partial charge in [0, 0.05) is 5.56 Å². The Morgan fingerprint density at radius 1 is 1.00 bits per heavy atom. The van der Waals surface area contributed by atoms with Crippen LogP contribution in [-0.4, -0.2) is 17.7 Å². The fraction of sp³-hybridized carbons (Fsp3) is 0.0800. The van der Waals surface area contributed by atoms with Gasteiger partial charge in [-0.25, -0.2) is 0 Å². The first-order chi connectivity index (χ1) is 14.1. The van der Waals surface area contributed by atoms with Crippen molar-refractivity contribution in [1.29, 1.82) is 0 Å². The summed E-state index contributed by atoms with van der Waals surface area (Å²) in [7, 11) is 0. The lowest BCUT2D eigenvalue weighted by molar-refractivity contribution is -0.136. The van der Waals surface area contributed by atoms with Gasteiger partial charge in [-0.1, -0.05) is 72.0 Å². The molecule has 3 nitrogen and oxygen atoms in total. The van der Waals surface area contributed by atoms with Crippen molar-refractivity contribution in [2.45, 2.75) is 6.42 Å². The molecular formula is C25H19ClO3. The Kier molecular flexibility index (Phi) is 7.10. The van der Waals surface area contributed by atoms with Crippen molar-refractivity contribution in [3.8, 4) is 28.7 Å². The topological polar surface area (TPSA) is 46.5 Å². The molecule has 0 spiro atoms. The lowest BCUT2D eigenvalue weighted by Gasteiger charge is -2.06. The quantitative estimate of drug-likeness (QED) is 0.544. The Labute approximate surface area is 175 Å². The minimum Gasteiger partial charge on any atom is -0.488 e. The number of halogens is 1. The predicted octanol–water partition coefficient (Wildman–Crippen LogP) is 5.62. The number of aliphatic carboxylic acids is 1. The zero-order valence-electron chi connectivity index (χ0n) is 15.6. The molecule has 29 heavy (non-hydrogen) atoms. The van der Waals surface area contributed by atoms with Gasteiger partial charge in [0.2, 0.25) is 0 Å². The van der Waals surface area contributed by atoms with Crippen LogP contribution >= 0.6 is 11.6 Å². The number of carboxylic acids is 1. The first-order valence-electron chi connectivity index (χ1n) is 9.07. The highest BCUT2D eigenvalue weighted by Crippen LogP contribution is 2.25. The van der Waals surface area contributed by atoms with Gasteiger partial charge < -0.3 is 9.84 Å². The summed E-state index contributed by atoms with van der Waals surface area (Å²) in [5.41, 5.74) is 3.91. The number of allylic oxidation sites excluding steroid dienone is 1. The van der Waals surface area contributed by atoms with E-state index in [0.717, 1.165) is 11.1 Å². The fourth-order valence-corrected chi connectivity index (χ4v) is 2.95. The Balaban J connectivity index is 1.51. The van der Waals surface area contributed by atoms with E-state index >= 15 is 0 Å². The highest BCUT2D eigenvalue weighted by Gasteiger charge is 2.05. The number of ether oxygens (including phenoxy) is 1. The van der Waals surface area contributed by atoms with Crippen molar-refractivity contribution in [3.05, 3.63) is 101 Å². The van der Waals surface area contributed by atoms with E-state index in [9.17, 15) is 4.79 Å². The highest BCUT2D eigenvalue weighted by atomic mass is 35.5. The summed E-state index contributed by atoms with van der Waals surface area (Å²) in [5.74, 6) is 5.68. The van der Waals surface area contributed by atoms with Crippen LogP contribution in [0.3, 0.4) is 0 Å². The van der Waals surface area contributed by atoms with E-state index in [1.165, 1.54) is 5.56 Å². The second kappa shape index (κ2) is 10.2. The molecule has 0 unspecified atom stereocenters. The van der Waals surface area contributed by atoms with Gasteiger partial charge in [-0.15, -0.1) is 0 Å². The molecule has 0 atom stereocenters. The Morgan fingerprint density at radius 3 is 2.41 bits per heavy atom. The van der Waals surface area contributed by atoms with Gasteiger partial charge in [0.25, 0.3) is 0 Å². The third-order valence-electron chi connectivity index (χ3n) is 4.10. The molecule has 0 aliphatic rings. The van der Waals surface area contributed by atoms with Gasteiger partial charge >= 0.3 is 5.97 Å². The average Bonchev–Trinajstić information content (AvgIpc) is 2.72. The van der Waals surface area contributed by atoms with Crippen LogP contribution < -0.4 is 4.74 Å². The van der Waals surface area contributed by atoms with Gasteiger partial charge in [0.1, 0.15) is 12.4 Å². The average molecular weight is 403 g/mol. The molecule has 0 bridgehead atoms. The molecular weight excluding hydrogens is 384 g/mol. The van der Waals surface area contributed by atoms with Gasteiger partial charge in [0.15, 0.2) is 0 Å². The highest BCUT2D eigenvalue weighted by molar-refractivity contribution is 6.32. The molecule has 0 saturated heterocycles. The summed E-state index contributed by atoms with van der Waals surface area (Å²) in [6.45, 7) is 0.319. The summed E-state index contributed by atoms with van der Waals surface area (Å²) in [5, 5.41) is 9.19. The zero-order chi connectivity index (χ0) is 20.5. The monoisotopic (exact) mass is 402 g/mol. The minimum absolute atomic E-state index is 0.0676. The third-order valence-corrected chi connectivity index (χ3v) is 4.39. The zero-order valence-corrected chi connectivity index (χ0v) is 16.4. The van der Waals surface area contributed by atoms with Crippen molar-refractivity contribution >= 4 is 17.6 Å². The second-order valence-electron chi connectivity index (χ2n) is 6.26. The van der Waals surface area contributed by atoms with Crippen LogP contribution in [0.15, 0.2) is 84.9 Å². The van der Waals surface area contributed by atoms with E-state index in [2.05, 4.69) is 36.1 Å². The van der Waals surface area contributed by atoms with Crippen LogP contribution in [0.2, 0.25) is 5.02 Å². The van der Waals surface area contributed by atoms with Crippen molar-refractivity contribution in [2.24, 2.45) is 0 Å². The maximum atomic E-state index is 10.7. The van der Waals surface area contributed by atoms with E-state index in [1.54, 1.807) is 30.4 Å². The van der Waals surface area contributed by atoms with Crippen LogP contribution in [0.1, 0.15) is 11.1 Å².